The molecule has 1 unspecified atom stereocenters. The fourth-order valence-corrected chi connectivity index (χ4v) is 4.19. The van der Waals surface area contributed by atoms with Crippen LogP contribution in [0.5, 0.6) is 0 Å². The lowest BCUT2D eigenvalue weighted by molar-refractivity contribution is -0.155. The first-order valence-electron chi connectivity index (χ1n) is 10.8. The largest absolute Gasteiger partial charge is 0.467 e. The highest BCUT2D eigenvalue weighted by molar-refractivity contribution is 6.03. The number of amides is 1. The van der Waals surface area contributed by atoms with Crippen molar-refractivity contribution < 1.29 is 18.7 Å². The van der Waals surface area contributed by atoms with Gasteiger partial charge in [0, 0.05) is 6.42 Å². The molecule has 1 aromatic heterocycles. The van der Waals surface area contributed by atoms with E-state index < -0.39 is 5.41 Å². The predicted molar refractivity (Wildman–Crippen MR) is 119 cm³/mol. The highest BCUT2D eigenvalue weighted by Crippen LogP contribution is 2.49. The summed E-state index contributed by atoms with van der Waals surface area (Å²) in [4.78, 5) is 25.9. The van der Waals surface area contributed by atoms with Crippen molar-refractivity contribution in [1.82, 2.24) is 5.01 Å². The third-order valence-electron chi connectivity index (χ3n) is 6.22. The minimum absolute atomic E-state index is 0.352. The Morgan fingerprint density at radius 1 is 1.06 bits per heavy atom. The van der Waals surface area contributed by atoms with Gasteiger partial charge < -0.3 is 9.15 Å². The molecule has 162 valence electrons. The Balaban J connectivity index is 1.32. The van der Waals surface area contributed by atoms with Crippen molar-refractivity contribution in [3.63, 3.8) is 0 Å². The Hall–Kier alpha value is -3.67. The number of hydrazone groups is 1. The molecule has 5 rings (SSSR count). The second kappa shape index (κ2) is 8.11. The number of esters is 1. The van der Waals surface area contributed by atoms with Crippen LogP contribution in [-0.4, -0.2) is 29.2 Å². The first-order chi connectivity index (χ1) is 15.6. The Morgan fingerprint density at radius 3 is 2.47 bits per heavy atom. The van der Waals surface area contributed by atoms with Crippen LogP contribution in [-0.2, 0) is 19.7 Å². The van der Waals surface area contributed by atoms with Gasteiger partial charge in [0.2, 0.25) is 0 Å². The Kier molecular flexibility index (Phi) is 5.13. The van der Waals surface area contributed by atoms with Gasteiger partial charge in [-0.3, -0.25) is 9.59 Å². The van der Waals surface area contributed by atoms with Crippen molar-refractivity contribution in [2.24, 2.45) is 5.10 Å². The highest BCUT2D eigenvalue weighted by Gasteiger charge is 2.53. The van der Waals surface area contributed by atoms with Crippen LogP contribution in [0.15, 0.2) is 82.5 Å². The van der Waals surface area contributed by atoms with Gasteiger partial charge in [0.25, 0.3) is 5.91 Å². The van der Waals surface area contributed by atoms with Crippen LogP contribution in [0.25, 0.3) is 0 Å². The second-order valence-electron chi connectivity index (χ2n) is 8.41. The van der Waals surface area contributed by atoms with Crippen LogP contribution < -0.4 is 0 Å². The molecule has 1 atom stereocenters. The van der Waals surface area contributed by atoms with Gasteiger partial charge in [0.1, 0.15) is 11.8 Å². The van der Waals surface area contributed by atoms with Crippen LogP contribution in [0.1, 0.15) is 47.8 Å². The molecule has 1 saturated carbocycles. The number of carbonyl (C=O) groups is 2. The normalized spacial score (nSPS) is 18.8. The third kappa shape index (κ3) is 3.73. The van der Waals surface area contributed by atoms with Crippen LogP contribution >= 0.6 is 0 Å². The molecule has 1 aliphatic carbocycles. The number of ether oxygens (including phenoxy) is 1. The van der Waals surface area contributed by atoms with E-state index in [9.17, 15) is 9.59 Å². The van der Waals surface area contributed by atoms with Gasteiger partial charge >= 0.3 is 5.97 Å². The molecule has 6 heteroatoms. The van der Waals surface area contributed by atoms with E-state index in [2.05, 4.69) is 5.10 Å². The molecule has 1 amide bonds. The molecule has 6 nitrogen and oxygen atoms in total. The molecule has 0 saturated heterocycles. The van der Waals surface area contributed by atoms with Crippen LogP contribution in [0.4, 0.5) is 0 Å². The van der Waals surface area contributed by atoms with Crippen molar-refractivity contribution in [3.05, 3.63) is 95.4 Å². The topological polar surface area (TPSA) is 72.1 Å². The fourth-order valence-electron chi connectivity index (χ4n) is 4.19. The lowest BCUT2D eigenvalue weighted by Gasteiger charge is -2.20. The lowest BCUT2D eigenvalue weighted by Crippen LogP contribution is -2.33. The molecule has 0 radical (unpaired) electrons. The first-order valence-corrected chi connectivity index (χ1v) is 10.8. The molecule has 1 fully saturated rings. The Bertz CT molecular complexity index is 1150. The van der Waals surface area contributed by atoms with Crippen LogP contribution in [0.3, 0.4) is 0 Å². The minimum Gasteiger partial charge on any atom is -0.467 e. The summed E-state index contributed by atoms with van der Waals surface area (Å²) in [6, 6.07) is 20.9. The fraction of sp³-hybridized carbons (Fsp3) is 0.269. The average Bonchev–Trinajstić information content (AvgIpc) is 3.23. The standard InChI is InChI=1S/C26H24N2O4/c1-18-9-11-19(12-10-18)21-16-22(23-8-5-15-31-23)28(27-21)24(29)17-32-25(30)26(13-14-26)20-6-3-2-4-7-20/h2-12,15,22H,13-14,16-17H2,1H3. The average molecular weight is 428 g/mol. The van der Waals surface area contributed by atoms with Gasteiger partial charge in [-0.1, -0.05) is 60.2 Å². The molecular weight excluding hydrogens is 404 g/mol. The Labute approximate surface area is 186 Å². The van der Waals surface area contributed by atoms with Gasteiger partial charge in [0.15, 0.2) is 6.61 Å². The number of furan rings is 1. The molecule has 32 heavy (non-hydrogen) atoms. The van der Waals surface area contributed by atoms with Gasteiger partial charge in [-0.2, -0.15) is 5.10 Å². The second-order valence-corrected chi connectivity index (χ2v) is 8.41. The molecule has 2 aromatic carbocycles. The van der Waals surface area contributed by atoms with E-state index in [0.29, 0.717) is 12.2 Å². The molecule has 2 heterocycles. The van der Waals surface area contributed by atoms with E-state index in [1.54, 1.807) is 12.3 Å². The van der Waals surface area contributed by atoms with E-state index in [4.69, 9.17) is 9.15 Å². The van der Waals surface area contributed by atoms with E-state index >= 15 is 0 Å². The molecule has 0 spiro atoms. The molecule has 3 aromatic rings. The minimum atomic E-state index is -0.622. The smallest absolute Gasteiger partial charge is 0.317 e. The van der Waals surface area contributed by atoms with E-state index in [-0.39, 0.29) is 24.5 Å². The summed E-state index contributed by atoms with van der Waals surface area (Å²) >= 11 is 0. The number of hydrogen-bond donors (Lipinski definition) is 0. The number of rotatable bonds is 6. The van der Waals surface area contributed by atoms with Crippen molar-refractivity contribution >= 4 is 17.6 Å². The van der Waals surface area contributed by atoms with Crippen molar-refractivity contribution in [1.29, 1.82) is 0 Å². The summed E-state index contributed by atoms with van der Waals surface area (Å²) in [7, 11) is 0. The zero-order valence-corrected chi connectivity index (χ0v) is 17.9. The summed E-state index contributed by atoms with van der Waals surface area (Å²) in [6.07, 6.45) is 3.58. The zero-order chi connectivity index (χ0) is 22.1. The summed E-state index contributed by atoms with van der Waals surface area (Å²) in [5.41, 5.74) is 3.23. The van der Waals surface area contributed by atoms with E-state index in [1.807, 2.05) is 67.6 Å². The number of carbonyl (C=O) groups excluding carboxylic acids is 2. The van der Waals surface area contributed by atoms with Crippen LogP contribution in [0.2, 0.25) is 0 Å². The third-order valence-corrected chi connectivity index (χ3v) is 6.22. The molecule has 0 bridgehead atoms. The number of hydrogen-bond acceptors (Lipinski definition) is 5. The quantitative estimate of drug-likeness (QED) is 0.541. The van der Waals surface area contributed by atoms with Gasteiger partial charge in [-0.05, 0) is 43.0 Å². The molecular formula is C26H24N2O4. The van der Waals surface area contributed by atoms with Crippen molar-refractivity contribution in [2.45, 2.75) is 37.6 Å². The lowest BCUT2D eigenvalue weighted by atomic mass is 9.96. The van der Waals surface area contributed by atoms with Gasteiger partial charge in [-0.25, -0.2) is 5.01 Å². The predicted octanol–water partition coefficient (Wildman–Crippen LogP) is 4.54. The Morgan fingerprint density at radius 2 is 1.81 bits per heavy atom. The maximum Gasteiger partial charge on any atom is 0.317 e. The van der Waals surface area contributed by atoms with Gasteiger partial charge in [0.05, 0.1) is 17.4 Å². The van der Waals surface area contributed by atoms with Crippen molar-refractivity contribution in [3.8, 4) is 0 Å². The maximum atomic E-state index is 13.1. The monoisotopic (exact) mass is 428 g/mol. The summed E-state index contributed by atoms with van der Waals surface area (Å²) in [6.45, 7) is 1.67. The summed E-state index contributed by atoms with van der Waals surface area (Å²) in [5.74, 6) is -0.0715. The van der Waals surface area contributed by atoms with E-state index in [0.717, 1.165) is 35.2 Å². The SMILES string of the molecule is Cc1ccc(C2=NN(C(=O)COC(=O)C3(c4ccccc4)CC3)C(c3ccco3)C2)cc1. The summed E-state index contributed by atoms with van der Waals surface area (Å²) in [5, 5.41) is 5.98. The number of aryl methyl sites for hydroxylation is 1. The molecule has 1 aliphatic heterocycles. The highest BCUT2D eigenvalue weighted by atomic mass is 16.5. The van der Waals surface area contributed by atoms with Gasteiger partial charge in [-0.15, -0.1) is 0 Å². The van der Waals surface area contributed by atoms with Crippen molar-refractivity contribution in [2.75, 3.05) is 6.61 Å². The van der Waals surface area contributed by atoms with E-state index in [1.165, 1.54) is 5.01 Å². The zero-order valence-electron chi connectivity index (χ0n) is 17.9. The first kappa shape index (κ1) is 20.2. The molecule has 0 N–H and O–H groups in total. The number of benzene rings is 2. The molecule has 2 aliphatic rings. The number of nitrogens with zero attached hydrogens (tertiary/aromatic N) is 2. The maximum absolute atomic E-state index is 13.1. The summed E-state index contributed by atoms with van der Waals surface area (Å²) < 4.78 is 11.1. The van der Waals surface area contributed by atoms with Crippen LogP contribution in [0, 0.1) is 6.92 Å².